The first-order valence-corrected chi connectivity index (χ1v) is 11.4. The van der Waals surface area contributed by atoms with Crippen molar-refractivity contribution in [2.45, 2.75) is 31.8 Å². The Bertz CT molecular complexity index is 1320. The van der Waals surface area contributed by atoms with Crippen LogP contribution in [0.2, 0.25) is 0 Å². The third kappa shape index (κ3) is 4.89. The molecule has 0 saturated heterocycles. The molecule has 0 unspecified atom stereocenters. The summed E-state index contributed by atoms with van der Waals surface area (Å²) in [6, 6.07) is 22.5. The Balaban J connectivity index is 1.79. The standard InChI is InChI=1S/C28H28FN3O3/c1-19(20-9-5-4-6-10-20)31-26(33)28(2,17-21-18-30-25-12-8-7-11-24(21)25)32(27(34)35-3)23-15-13-22(29)14-16-23/h4-16,18-19,30H,17H2,1-3H3,(H,31,33)/t19-,28+/m0/s1. The van der Waals surface area contributed by atoms with E-state index in [-0.39, 0.29) is 18.4 Å². The van der Waals surface area contributed by atoms with Gasteiger partial charge in [0.25, 0.3) is 0 Å². The Labute approximate surface area is 203 Å². The molecule has 4 rings (SSSR count). The molecule has 0 aliphatic heterocycles. The third-order valence-corrected chi connectivity index (χ3v) is 6.28. The van der Waals surface area contributed by atoms with E-state index in [0.717, 1.165) is 22.0 Å². The van der Waals surface area contributed by atoms with Gasteiger partial charge in [-0.2, -0.15) is 0 Å². The van der Waals surface area contributed by atoms with E-state index in [1.807, 2.05) is 67.7 Å². The SMILES string of the molecule is COC(=O)N(c1ccc(F)cc1)[C@](C)(Cc1c[nH]c2ccccc12)C(=O)N[C@@H](C)c1ccccc1. The van der Waals surface area contributed by atoms with Gasteiger partial charge in [-0.25, -0.2) is 9.18 Å². The summed E-state index contributed by atoms with van der Waals surface area (Å²) in [7, 11) is 1.26. The smallest absolute Gasteiger partial charge is 0.414 e. The monoisotopic (exact) mass is 473 g/mol. The molecule has 2 atom stereocenters. The molecule has 0 bridgehead atoms. The van der Waals surface area contributed by atoms with E-state index in [0.29, 0.717) is 5.69 Å². The maximum atomic E-state index is 14.0. The predicted molar refractivity (Wildman–Crippen MR) is 135 cm³/mol. The number of benzene rings is 3. The number of fused-ring (bicyclic) bond motifs is 1. The number of H-pyrrole nitrogens is 1. The van der Waals surface area contributed by atoms with Crippen LogP contribution in [0.15, 0.2) is 85.1 Å². The highest BCUT2D eigenvalue weighted by Gasteiger charge is 2.45. The van der Waals surface area contributed by atoms with E-state index in [1.165, 1.54) is 36.3 Å². The Morgan fingerprint density at radius 2 is 1.69 bits per heavy atom. The second kappa shape index (κ2) is 10.0. The first kappa shape index (κ1) is 24.0. The van der Waals surface area contributed by atoms with Crippen LogP contribution in [0.5, 0.6) is 0 Å². The van der Waals surface area contributed by atoms with Crippen molar-refractivity contribution in [3.8, 4) is 0 Å². The van der Waals surface area contributed by atoms with Crippen LogP contribution in [0.4, 0.5) is 14.9 Å². The fourth-order valence-electron chi connectivity index (χ4n) is 4.36. The fraction of sp³-hybridized carbons (Fsp3) is 0.214. The summed E-state index contributed by atoms with van der Waals surface area (Å²) in [6.07, 6.45) is 1.31. The molecule has 1 heterocycles. The van der Waals surface area contributed by atoms with Gasteiger partial charge in [0.05, 0.1) is 13.2 Å². The number of methoxy groups -OCH3 is 1. The van der Waals surface area contributed by atoms with E-state index in [2.05, 4.69) is 10.3 Å². The Hall–Kier alpha value is -4.13. The van der Waals surface area contributed by atoms with Gasteiger partial charge in [0, 0.05) is 29.2 Å². The number of ether oxygens (including phenoxy) is 1. The van der Waals surface area contributed by atoms with Crippen molar-refractivity contribution in [1.82, 2.24) is 10.3 Å². The first-order chi connectivity index (χ1) is 16.8. The Kier molecular flexibility index (Phi) is 6.87. The van der Waals surface area contributed by atoms with E-state index in [4.69, 9.17) is 4.74 Å². The summed E-state index contributed by atoms with van der Waals surface area (Å²) in [5.74, 6) is -0.812. The van der Waals surface area contributed by atoms with Crippen LogP contribution in [-0.4, -0.2) is 29.6 Å². The molecule has 0 spiro atoms. The van der Waals surface area contributed by atoms with Gasteiger partial charge in [-0.15, -0.1) is 0 Å². The molecule has 3 aromatic carbocycles. The van der Waals surface area contributed by atoms with Gasteiger partial charge in [0.15, 0.2) is 0 Å². The van der Waals surface area contributed by atoms with Crippen LogP contribution in [-0.2, 0) is 16.0 Å². The van der Waals surface area contributed by atoms with Gasteiger partial charge in [0.2, 0.25) is 5.91 Å². The number of aromatic amines is 1. The minimum absolute atomic E-state index is 0.191. The van der Waals surface area contributed by atoms with Crippen molar-refractivity contribution in [3.63, 3.8) is 0 Å². The highest BCUT2D eigenvalue weighted by Crippen LogP contribution is 2.32. The molecule has 0 fully saturated rings. The normalized spacial score (nSPS) is 13.6. The molecule has 1 aromatic heterocycles. The van der Waals surface area contributed by atoms with Crippen molar-refractivity contribution < 1.29 is 18.7 Å². The number of halogens is 1. The van der Waals surface area contributed by atoms with Gasteiger partial charge in [-0.05, 0) is 55.3 Å². The average Bonchev–Trinajstić information content (AvgIpc) is 3.28. The molecule has 35 heavy (non-hydrogen) atoms. The van der Waals surface area contributed by atoms with Gasteiger partial charge in [-0.1, -0.05) is 48.5 Å². The second-order valence-electron chi connectivity index (χ2n) is 8.70. The zero-order chi connectivity index (χ0) is 25.0. The van der Waals surface area contributed by atoms with Crippen molar-refractivity contribution in [2.24, 2.45) is 0 Å². The van der Waals surface area contributed by atoms with Gasteiger partial charge < -0.3 is 15.0 Å². The topological polar surface area (TPSA) is 74.4 Å². The van der Waals surface area contributed by atoms with E-state index >= 15 is 0 Å². The highest BCUT2D eigenvalue weighted by molar-refractivity contribution is 6.01. The van der Waals surface area contributed by atoms with Crippen molar-refractivity contribution >= 4 is 28.6 Å². The van der Waals surface area contributed by atoms with Gasteiger partial charge >= 0.3 is 6.09 Å². The molecule has 0 radical (unpaired) electrons. The molecule has 180 valence electrons. The molecule has 0 aliphatic rings. The molecule has 7 heteroatoms. The lowest BCUT2D eigenvalue weighted by Crippen LogP contribution is -2.61. The molecule has 0 saturated carbocycles. The lowest BCUT2D eigenvalue weighted by molar-refractivity contribution is -0.126. The van der Waals surface area contributed by atoms with Crippen LogP contribution in [0.3, 0.4) is 0 Å². The van der Waals surface area contributed by atoms with Crippen LogP contribution >= 0.6 is 0 Å². The molecule has 0 aliphatic carbocycles. The molecular weight excluding hydrogens is 445 g/mol. The molecular formula is C28H28FN3O3. The maximum absolute atomic E-state index is 14.0. The van der Waals surface area contributed by atoms with Crippen molar-refractivity contribution in [1.29, 1.82) is 0 Å². The van der Waals surface area contributed by atoms with Crippen molar-refractivity contribution in [3.05, 3.63) is 102 Å². The largest absolute Gasteiger partial charge is 0.452 e. The zero-order valence-electron chi connectivity index (χ0n) is 19.9. The lowest BCUT2D eigenvalue weighted by Gasteiger charge is -2.39. The molecule has 2 N–H and O–H groups in total. The van der Waals surface area contributed by atoms with E-state index in [1.54, 1.807) is 6.92 Å². The summed E-state index contributed by atoms with van der Waals surface area (Å²) in [5.41, 5.74) is 1.67. The predicted octanol–water partition coefficient (Wildman–Crippen LogP) is 5.76. The first-order valence-electron chi connectivity index (χ1n) is 11.4. The quantitative estimate of drug-likeness (QED) is 0.358. The lowest BCUT2D eigenvalue weighted by atomic mass is 9.88. The van der Waals surface area contributed by atoms with Crippen LogP contribution in [0.25, 0.3) is 10.9 Å². The number of hydrogen-bond acceptors (Lipinski definition) is 3. The number of aromatic nitrogens is 1. The summed E-state index contributed by atoms with van der Waals surface area (Å²) in [4.78, 5) is 31.6. The molecule has 4 aromatic rings. The zero-order valence-corrected chi connectivity index (χ0v) is 19.9. The number of para-hydroxylation sites is 1. The third-order valence-electron chi connectivity index (χ3n) is 6.28. The fourth-order valence-corrected chi connectivity index (χ4v) is 4.36. The second-order valence-corrected chi connectivity index (χ2v) is 8.70. The Morgan fingerprint density at radius 1 is 1.03 bits per heavy atom. The summed E-state index contributed by atoms with van der Waals surface area (Å²) in [6.45, 7) is 3.59. The average molecular weight is 474 g/mol. The van der Waals surface area contributed by atoms with Crippen LogP contribution in [0, 0.1) is 5.82 Å². The minimum Gasteiger partial charge on any atom is -0.452 e. The highest BCUT2D eigenvalue weighted by atomic mass is 19.1. The number of nitrogens with zero attached hydrogens (tertiary/aromatic N) is 1. The Morgan fingerprint density at radius 3 is 2.37 bits per heavy atom. The number of anilines is 1. The van der Waals surface area contributed by atoms with E-state index in [9.17, 15) is 14.0 Å². The number of hydrogen-bond donors (Lipinski definition) is 2. The van der Waals surface area contributed by atoms with Crippen molar-refractivity contribution in [2.75, 3.05) is 12.0 Å². The summed E-state index contributed by atoms with van der Waals surface area (Å²) < 4.78 is 18.8. The van der Waals surface area contributed by atoms with Crippen LogP contribution < -0.4 is 10.2 Å². The summed E-state index contributed by atoms with van der Waals surface area (Å²) >= 11 is 0. The number of amides is 2. The van der Waals surface area contributed by atoms with E-state index < -0.39 is 17.4 Å². The number of rotatable bonds is 7. The van der Waals surface area contributed by atoms with Gasteiger partial charge in [0.1, 0.15) is 11.4 Å². The molecule has 2 amide bonds. The number of carbonyl (C=O) groups excluding carboxylic acids is 2. The van der Waals surface area contributed by atoms with Gasteiger partial charge in [-0.3, -0.25) is 9.69 Å². The number of carbonyl (C=O) groups is 2. The number of nitrogens with one attached hydrogen (secondary N) is 2. The molecule has 6 nitrogen and oxygen atoms in total. The van der Waals surface area contributed by atoms with Crippen LogP contribution in [0.1, 0.15) is 31.0 Å². The summed E-state index contributed by atoms with van der Waals surface area (Å²) in [5, 5.41) is 4.02. The maximum Gasteiger partial charge on any atom is 0.414 e. The minimum atomic E-state index is -1.40.